The van der Waals surface area contributed by atoms with E-state index in [0.717, 1.165) is 0 Å². The first-order valence-corrected chi connectivity index (χ1v) is 3.74. The van der Waals surface area contributed by atoms with Crippen molar-refractivity contribution < 1.29 is 10.2 Å². The van der Waals surface area contributed by atoms with E-state index in [2.05, 4.69) is 0 Å². The summed E-state index contributed by atoms with van der Waals surface area (Å²) in [5.74, 6) is 0.303. The van der Waals surface area contributed by atoms with Gasteiger partial charge in [-0.25, -0.2) is 0 Å². The van der Waals surface area contributed by atoms with Crippen LogP contribution < -0.4 is 0 Å². The van der Waals surface area contributed by atoms with E-state index >= 15 is 0 Å². The molecule has 0 aromatic carbocycles. The quantitative estimate of drug-likeness (QED) is 0.624. The lowest BCUT2D eigenvalue weighted by Crippen LogP contribution is -2.38. The molecule has 2 atom stereocenters. The van der Waals surface area contributed by atoms with Crippen LogP contribution in [0.5, 0.6) is 0 Å². The van der Waals surface area contributed by atoms with Crippen LogP contribution >= 0.6 is 0 Å². The largest absolute Gasteiger partial charge is 0.396 e. The van der Waals surface area contributed by atoms with E-state index in [4.69, 9.17) is 5.11 Å². The minimum Gasteiger partial charge on any atom is -0.396 e. The highest BCUT2D eigenvalue weighted by Crippen LogP contribution is 2.29. The summed E-state index contributed by atoms with van der Waals surface area (Å²) in [4.78, 5) is 0. The second kappa shape index (κ2) is 3.35. The molecule has 0 radical (unpaired) electrons. The Labute approximate surface area is 62.9 Å². The Bertz CT molecular complexity index is 89.4. The van der Waals surface area contributed by atoms with E-state index in [1.54, 1.807) is 6.92 Å². The Morgan fingerprint density at radius 2 is 1.70 bits per heavy atom. The molecule has 0 saturated heterocycles. The molecule has 0 aromatic rings. The molecule has 0 aromatic heterocycles. The molecule has 0 fully saturated rings. The molecule has 2 heteroatoms. The zero-order chi connectivity index (χ0) is 8.36. The van der Waals surface area contributed by atoms with Crippen LogP contribution in [-0.2, 0) is 0 Å². The molecule has 0 rings (SSSR count). The Kier molecular flexibility index (Phi) is 3.33. The number of aliphatic hydroxyl groups is 2. The first kappa shape index (κ1) is 9.92. The van der Waals surface area contributed by atoms with Gasteiger partial charge in [-0.05, 0) is 12.8 Å². The molecule has 0 saturated carbocycles. The van der Waals surface area contributed by atoms with Crippen LogP contribution in [0.25, 0.3) is 0 Å². The van der Waals surface area contributed by atoms with Gasteiger partial charge in [0.1, 0.15) is 0 Å². The molecule has 2 unspecified atom stereocenters. The minimum absolute atomic E-state index is 0.0440. The Morgan fingerprint density at radius 3 is 1.70 bits per heavy atom. The lowest BCUT2D eigenvalue weighted by Gasteiger charge is -2.34. The average Bonchev–Trinajstić information content (AvgIpc) is 1.85. The molecule has 10 heavy (non-hydrogen) atoms. The molecular weight excluding hydrogens is 128 g/mol. The van der Waals surface area contributed by atoms with Gasteiger partial charge in [0.15, 0.2) is 0 Å². The topological polar surface area (TPSA) is 40.5 Å². The molecule has 2 nitrogen and oxygen atoms in total. The molecule has 0 heterocycles. The van der Waals surface area contributed by atoms with Gasteiger partial charge in [0, 0.05) is 5.41 Å². The van der Waals surface area contributed by atoms with Gasteiger partial charge in [0.2, 0.25) is 0 Å². The second-order valence-electron chi connectivity index (χ2n) is 3.49. The third kappa shape index (κ3) is 1.70. The Morgan fingerprint density at radius 1 is 1.30 bits per heavy atom. The summed E-state index contributed by atoms with van der Waals surface area (Å²) in [7, 11) is 0. The lowest BCUT2D eigenvalue weighted by molar-refractivity contribution is -0.0257. The molecule has 0 aliphatic rings. The maximum absolute atomic E-state index is 9.28. The van der Waals surface area contributed by atoms with E-state index in [9.17, 15) is 5.11 Å². The molecular formula is C8H18O2. The average molecular weight is 146 g/mol. The van der Waals surface area contributed by atoms with Crippen molar-refractivity contribution in [1.82, 2.24) is 0 Å². The van der Waals surface area contributed by atoms with Crippen molar-refractivity contribution in [2.24, 2.45) is 11.3 Å². The fourth-order valence-corrected chi connectivity index (χ4v) is 0.797. The maximum atomic E-state index is 9.28. The highest BCUT2D eigenvalue weighted by Gasteiger charge is 2.32. The third-order valence-electron chi connectivity index (χ3n) is 2.61. The van der Waals surface area contributed by atoms with Gasteiger partial charge in [-0.3, -0.25) is 0 Å². The summed E-state index contributed by atoms with van der Waals surface area (Å²) in [5, 5.41) is 18.2. The van der Waals surface area contributed by atoms with Gasteiger partial charge in [0.05, 0.1) is 12.7 Å². The summed E-state index contributed by atoms with van der Waals surface area (Å²) in [6.07, 6.45) is -0.447. The third-order valence-corrected chi connectivity index (χ3v) is 2.61. The Balaban J connectivity index is 4.23. The first-order valence-electron chi connectivity index (χ1n) is 3.74. The molecule has 0 spiro atoms. The van der Waals surface area contributed by atoms with Gasteiger partial charge in [-0.1, -0.05) is 20.8 Å². The summed E-state index contributed by atoms with van der Waals surface area (Å²) in [6, 6.07) is 0. The van der Waals surface area contributed by atoms with E-state index in [-0.39, 0.29) is 12.0 Å². The van der Waals surface area contributed by atoms with E-state index in [1.165, 1.54) is 0 Å². The monoisotopic (exact) mass is 146 g/mol. The normalized spacial score (nSPS) is 20.7. The van der Waals surface area contributed by atoms with E-state index < -0.39 is 6.10 Å². The SMILES string of the molecule is CC(C)C(C)(CO)C(C)O. The fourth-order valence-electron chi connectivity index (χ4n) is 0.797. The van der Waals surface area contributed by atoms with Crippen molar-refractivity contribution in [3.63, 3.8) is 0 Å². The number of rotatable bonds is 3. The molecule has 62 valence electrons. The van der Waals surface area contributed by atoms with Crippen molar-refractivity contribution in [2.45, 2.75) is 33.8 Å². The van der Waals surface area contributed by atoms with Crippen molar-refractivity contribution in [2.75, 3.05) is 6.61 Å². The molecule has 0 amide bonds. The van der Waals surface area contributed by atoms with E-state index in [0.29, 0.717) is 5.92 Å². The summed E-state index contributed by atoms with van der Waals surface area (Å²) >= 11 is 0. The summed E-state index contributed by atoms with van der Waals surface area (Å²) < 4.78 is 0. The first-order chi connectivity index (χ1) is 4.45. The van der Waals surface area contributed by atoms with Gasteiger partial charge in [-0.2, -0.15) is 0 Å². The van der Waals surface area contributed by atoms with Gasteiger partial charge in [0.25, 0.3) is 0 Å². The zero-order valence-corrected chi connectivity index (χ0v) is 7.26. The smallest absolute Gasteiger partial charge is 0.0590 e. The molecule has 0 bridgehead atoms. The van der Waals surface area contributed by atoms with Crippen LogP contribution in [0.15, 0.2) is 0 Å². The second-order valence-corrected chi connectivity index (χ2v) is 3.49. The van der Waals surface area contributed by atoms with Crippen LogP contribution in [0.4, 0.5) is 0 Å². The van der Waals surface area contributed by atoms with Crippen LogP contribution in [-0.4, -0.2) is 22.9 Å². The van der Waals surface area contributed by atoms with Crippen LogP contribution in [0.1, 0.15) is 27.7 Å². The lowest BCUT2D eigenvalue weighted by atomic mass is 9.76. The van der Waals surface area contributed by atoms with Crippen LogP contribution in [0, 0.1) is 11.3 Å². The number of hydrogen-bond acceptors (Lipinski definition) is 2. The molecule has 2 N–H and O–H groups in total. The predicted molar refractivity (Wildman–Crippen MR) is 41.7 cm³/mol. The molecule has 0 aliphatic carbocycles. The fraction of sp³-hybridized carbons (Fsp3) is 1.00. The highest BCUT2D eigenvalue weighted by molar-refractivity contribution is 4.81. The van der Waals surface area contributed by atoms with E-state index in [1.807, 2.05) is 20.8 Å². The number of aliphatic hydroxyl groups excluding tert-OH is 2. The summed E-state index contributed by atoms with van der Waals surface area (Å²) in [5.41, 5.74) is -0.347. The summed E-state index contributed by atoms with van der Waals surface area (Å²) in [6.45, 7) is 7.66. The molecule has 0 aliphatic heterocycles. The van der Waals surface area contributed by atoms with Gasteiger partial charge in [-0.15, -0.1) is 0 Å². The minimum atomic E-state index is -0.447. The zero-order valence-electron chi connectivity index (χ0n) is 7.26. The van der Waals surface area contributed by atoms with Gasteiger partial charge < -0.3 is 10.2 Å². The van der Waals surface area contributed by atoms with Crippen molar-refractivity contribution in [1.29, 1.82) is 0 Å². The van der Waals surface area contributed by atoms with Crippen molar-refractivity contribution in [3.05, 3.63) is 0 Å². The number of hydrogen-bond donors (Lipinski definition) is 2. The van der Waals surface area contributed by atoms with Crippen molar-refractivity contribution in [3.8, 4) is 0 Å². The van der Waals surface area contributed by atoms with Gasteiger partial charge >= 0.3 is 0 Å². The van der Waals surface area contributed by atoms with Crippen LogP contribution in [0.2, 0.25) is 0 Å². The predicted octanol–water partition coefficient (Wildman–Crippen LogP) is 1.02. The van der Waals surface area contributed by atoms with Crippen molar-refractivity contribution >= 4 is 0 Å². The standard InChI is InChI=1S/C8H18O2/c1-6(2)8(4,5-9)7(3)10/h6-7,9-10H,5H2,1-4H3. The maximum Gasteiger partial charge on any atom is 0.0590 e. The highest BCUT2D eigenvalue weighted by atomic mass is 16.3. The Hall–Kier alpha value is -0.0800. The van der Waals surface area contributed by atoms with Crippen LogP contribution in [0.3, 0.4) is 0 Å².